The summed E-state index contributed by atoms with van der Waals surface area (Å²) in [6, 6.07) is 74.9. The molecule has 0 saturated heterocycles. The van der Waals surface area contributed by atoms with Crippen molar-refractivity contribution in [2.45, 2.75) is 5.41 Å². The number of nitrogens with zero attached hydrogens (tertiary/aromatic N) is 3. The van der Waals surface area contributed by atoms with E-state index in [1.807, 2.05) is 12.3 Å². The van der Waals surface area contributed by atoms with Gasteiger partial charge in [-0.2, -0.15) is 0 Å². The molecule has 3 heterocycles. The highest BCUT2D eigenvalue weighted by Crippen LogP contribution is 2.59. The van der Waals surface area contributed by atoms with Crippen molar-refractivity contribution in [2.75, 3.05) is 0 Å². The van der Waals surface area contributed by atoms with Crippen LogP contribution in [0.25, 0.3) is 98.7 Å². The molecular weight excluding hydrogens is 739 g/mol. The summed E-state index contributed by atoms with van der Waals surface area (Å²) in [6.07, 6.45) is 1.85. The lowest BCUT2D eigenvalue weighted by Gasteiger charge is -2.35. The van der Waals surface area contributed by atoms with Gasteiger partial charge in [-0.05, 0) is 78.5 Å². The van der Waals surface area contributed by atoms with Crippen LogP contribution < -0.4 is 0 Å². The quantitative estimate of drug-likeness (QED) is 0.132. The first-order chi connectivity index (χ1) is 30.3. The van der Waals surface area contributed by atoms with Crippen LogP contribution in [0, 0.1) is 0 Å². The molecule has 61 heavy (non-hydrogen) atoms. The van der Waals surface area contributed by atoms with Crippen LogP contribution in [0.1, 0.15) is 22.3 Å². The van der Waals surface area contributed by atoms with E-state index in [4.69, 9.17) is 15.0 Å². The molecule has 1 aliphatic rings. The molecule has 12 aromatic rings. The molecule has 0 fully saturated rings. The fourth-order valence-electron chi connectivity index (χ4n) is 10.7. The van der Waals surface area contributed by atoms with Crippen LogP contribution in [0.3, 0.4) is 0 Å². The summed E-state index contributed by atoms with van der Waals surface area (Å²) in [5, 5.41) is 10.2. The van der Waals surface area contributed by atoms with Gasteiger partial charge in [0.1, 0.15) is 0 Å². The lowest BCUT2D eigenvalue weighted by Crippen LogP contribution is -2.28. The second kappa shape index (κ2) is 13.0. The fraction of sp³-hybridized carbons (Fsp3) is 0.0172. The molecule has 3 heteroatoms. The zero-order valence-corrected chi connectivity index (χ0v) is 33.0. The Kier molecular flexibility index (Phi) is 7.22. The molecule has 0 saturated carbocycles. The lowest BCUT2D eigenvalue weighted by atomic mass is 9.66. The maximum absolute atomic E-state index is 5.82. The van der Waals surface area contributed by atoms with Crippen LogP contribution in [0.2, 0.25) is 0 Å². The molecule has 3 aromatic heterocycles. The van der Waals surface area contributed by atoms with Gasteiger partial charge >= 0.3 is 0 Å². The van der Waals surface area contributed by atoms with Crippen molar-refractivity contribution in [1.29, 1.82) is 0 Å². The van der Waals surface area contributed by atoms with Crippen molar-refractivity contribution < 1.29 is 0 Å². The molecule has 0 N–H and O–H groups in total. The van der Waals surface area contributed by atoms with E-state index >= 15 is 0 Å². The maximum Gasteiger partial charge on any atom is 0.0972 e. The van der Waals surface area contributed by atoms with Crippen molar-refractivity contribution in [1.82, 2.24) is 15.0 Å². The van der Waals surface area contributed by atoms with Gasteiger partial charge in [0.05, 0.1) is 33.4 Å². The average molecular weight is 774 g/mol. The predicted octanol–water partition coefficient (Wildman–Crippen LogP) is 14.5. The fourth-order valence-corrected chi connectivity index (χ4v) is 10.7. The van der Waals surface area contributed by atoms with Crippen LogP contribution in [0.5, 0.6) is 0 Å². The normalized spacial score (nSPS) is 13.0. The Morgan fingerprint density at radius 2 is 0.918 bits per heavy atom. The summed E-state index contributed by atoms with van der Waals surface area (Å²) in [7, 11) is 0. The number of hydrogen-bond donors (Lipinski definition) is 0. The van der Waals surface area contributed by atoms with Crippen LogP contribution >= 0.6 is 0 Å². The number of rotatable bonds is 4. The van der Waals surface area contributed by atoms with E-state index in [1.54, 1.807) is 0 Å². The van der Waals surface area contributed by atoms with Crippen LogP contribution in [0.4, 0.5) is 0 Å². The van der Waals surface area contributed by atoms with Gasteiger partial charge in [0, 0.05) is 38.9 Å². The molecule has 3 nitrogen and oxygen atoms in total. The molecule has 13 rings (SSSR count). The van der Waals surface area contributed by atoms with Crippen molar-refractivity contribution in [3.63, 3.8) is 0 Å². The van der Waals surface area contributed by atoms with Gasteiger partial charge in [0.15, 0.2) is 0 Å². The van der Waals surface area contributed by atoms with Crippen molar-refractivity contribution in [2.24, 2.45) is 0 Å². The smallest absolute Gasteiger partial charge is 0.0972 e. The molecule has 1 aliphatic carbocycles. The Morgan fingerprint density at radius 1 is 0.361 bits per heavy atom. The highest BCUT2D eigenvalue weighted by molar-refractivity contribution is 6.25. The third kappa shape index (κ3) is 4.72. The molecular formula is C58H35N3. The highest BCUT2D eigenvalue weighted by Gasteiger charge is 2.47. The van der Waals surface area contributed by atoms with E-state index in [9.17, 15) is 0 Å². The average Bonchev–Trinajstić information content (AvgIpc) is 3.64. The van der Waals surface area contributed by atoms with Crippen molar-refractivity contribution in [3.05, 3.63) is 235 Å². The second-order valence-corrected chi connectivity index (χ2v) is 16.2. The number of aromatic nitrogens is 3. The van der Waals surface area contributed by atoms with E-state index in [1.165, 1.54) is 44.2 Å². The van der Waals surface area contributed by atoms with Gasteiger partial charge in [0.2, 0.25) is 0 Å². The van der Waals surface area contributed by atoms with E-state index in [0.717, 1.165) is 76.8 Å². The summed E-state index contributed by atoms with van der Waals surface area (Å²) in [5.41, 5.74) is 14.0. The van der Waals surface area contributed by atoms with Gasteiger partial charge < -0.3 is 0 Å². The first kappa shape index (κ1) is 33.9. The molecule has 0 atom stereocenters. The van der Waals surface area contributed by atoms with Gasteiger partial charge in [-0.25, -0.2) is 9.97 Å². The topological polar surface area (TPSA) is 38.7 Å². The lowest BCUT2D eigenvalue weighted by molar-refractivity contribution is 0.776. The largest absolute Gasteiger partial charge is 0.254 e. The van der Waals surface area contributed by atoms with E-state index in [-0.39, 0.29) is 0 Å². The third-order valence-electron chi connectivity index (χ3n) is 13.1. The molecule has 0 radical (unpaired) electrons. The SMILES string of the molecule is c1ccc(C2(c3ccccc3)c3ccccc3-c3ccc4nc(-c5c6ccccc6c(-c6ccc7ccc8cccnc8c7n6)c6ccccc56)c5ccccc5c4c32)cc1. The zero-order valence-electron chi connectivity index (χ0n) is 33.0. The van der Waals surface area contributed by atoms with Crippen molar-refractivity contribution in [3.8, 4) is 33.6 Å². The maximum atomic E-state index is 5.82. The van der Waals surface area contributed by atoms with Gasteiger partial charge in [-0.15, -0.1) is 0 Å². The van der Waals surface area contributed by atoms with Crippen molar-refractivity contribution >= 4 is 65.0 Å². The molecule has 9 aromatic carbocycles. The molecule has 0 spiro atoms. The molecule has 282 valence electrons. The Labute approximate surface area is 352 Å². The second-order valence-electron chi connectivity index (χ2n) is 16.2. The van der Waals surface area contributed by atoms with Crippen LogP contribution in [0.15, 0.2) is 212 Å². The predicted molar refractivity (Wildman–Crippen MR) is 253 cm³/mol. The van der Waals surface area contributed by atoms with Gasteiger partial charge in [-0.1, -0.05) is 188 Å². The van der Waals surface area contributed by atoms with Gasteiger partial charge in [-0.3, -0.25) is 4.98 Å². The number of fused-ring (bicyclic) bond motifs is 12. The summed E-state index contributed by atoms with van der Waals surface area (Å²) in [6.45, 7) is 0. The van der Waals surface area contributed by atoms with E-state index < -0.39 is 5.41 Å². The summed E-state index contributed by atoms with van der Waals surface area (Å²) in [4.78, 5) is 16.0. The molecule has 0 aliphatic heterocycles. The minimum absolute atomic E-state index is 0.561. The van der Waals surface area contributed by atoms with E-state index in [0.29, 0.717) is 0 Å². The monoisotopic (exact) mass is 773 g/mol. The van der Waals surface area contributed by atoms with E-state index in [2.05, 4.69) is 200 Å². The number of pyridine rings is 3. The summed E-state index contributed by atoms with van der Waals surface area (Å²) < 4.78 is 0. The Balaban J connectivity index is 1.14. The Hall–Kier alpha value is -8.01. The minimum Gasteiger partial charge on any atom is -0.254 e. The minimum atomic E-state index is -0.561. The zero-order chi connectivity index (χ0) is 40.1. The standard InChI is InChI=1S/C58H35N3/c1-3-17-38(18-4-1)58(39-19-5-2-6-20-39)48-28-14-13-21-40(48)46-32-34-50-53(54(46)58)45-26-11-12-27-47(45)57(61-50)52-43-24-9-7-22-41(43)51(42-23-8-10-25-44(42)52)49-33-31-37-30-29-36-16-15-35-59-55(36)56(37)60-49/h1-35H. The van der Waals surface area contributed by atoms with Gasteiger partial charge in [0.25, 0.3) is 0 Å². The van der Waals surface area contributed by atoms with Crippen LogP contribution in [-0.2, 0) is 5.41 Å². The molecule has 0 amide bonds. The third-order valence-corrected chi connectivity index (χ3v) is 13.1. The highest BCUT2D eigenvalue weighted by atomic mass is 14.8. The number of hydrogen-bond acceptors (Lipinski definition) is 3. The first-order valence-corrected chi connectivity index (χ1v) is 20.9. The molecule has 0 unspecified atom stereocenters. The summed E-state index contributed by atoms with van der Waals surface area (Å²) >= 11 is 0. The number of benzene rings is 9. The van der Waals surface area contributed by atoms with Crippen LogP contribution in [-0.4, -0.2) is 15.0 Å². The Bertz CT molecular complexity index is 3660. The molecule has 0 bridgehead atoms. The Morgan fingerprint density at radius 3 is 1.61 bits per heavy atom. The summed E-state index contributed by atoms with van der Waals surface area (Å²) in [5.74, 6) is 0. The first-order valence-electron chi connectivity index (χ1n) is 20.9.